The monoisotopic (exact) mass is 307 g/mol. The van der Waals surface area contributed by atoms with E-state index in [0.717, 1.165) is 16.8 Å². The number of rotatable bonds is 2. The van der Waals surface area contributed by atoms with E-state index >= 15 is 0 Å². The molecule has 2 heterocycles. The zero-order valence-corrected chi connectivity index (χ0v) is 12.2. The Balaban J connectivity index is 1.83. The van der Waals surface area contributed by atoms with Gasteiger partial charge in [0, 0.05) is 17.9 Å². The van der Waals surface area contributed by atoms with Gasteiger partial charge in [0.2, 0.25) is 5.91 Å². The molecule has 0 bridgehead atoms. The molecule has 1 N–H and O–H groups in total. The molecule has 23 heavy (non-hydrogen) atoms. The summed E-state index contributed by atoms with van der Waals surface area (Å²) >= 11 is 0. The Morgan fingerprint density at radius 3 is 2.74 bits per heavy atom. The fourth-order valence-electron chi connectivity index (χ4n) is 3.01. The second-order valence-corrected chi connectivity index (χ2v) is 5.56. The van der Waals surface area contributed by atoms with Gasteiger partial charge in [0.25, 0.3) is 0 Å². The number of hydrogen-bond acceptors (Lipinski definition) is 2. The highest BCUT2D eigenvalue weighted by Crippen LogP contribution is 2.38. The molecule has 0 saturated heterocycles. The van der Waals surface area contributed by atoms with E-state index < -0.39 is 0 Å². The van der Waals surface area contributed by atoms with Gasteiger partial charge in [0.05, 0.1) is 11.9 Å². The molecule has 5 heteroatoms. The number of fused-ring (bicyclic) bond motifs is 1. The minimum Gasteiger partial charge on any atom is -0.310 e. The summed E-state index contributed by atoms with van der Waals surface area (Å²) in [5, 5.41) is 7.30. The summed E-state index contributed by atoms with van der Waals surface area (Å²) in [5.74, 6) is 0.0727. The molecule has 3 aromatic rings. The average molecular weight is 307 g/mol. The van der Waals surface area contributed by atoms with Crippen LogP contribution in [-0.2, 0) is 4.79 Å². The Hall–Kier alpha value is -2.95. The van der Waals surface area contributed by atoms with Crippen molar-refractivity contribution in [2.75, 3.05) is 5.32 Å². The van der Waals surface area contributed by atoms with E-state index in [1.807, 2.05) is 36.4 Å². The maximum atomic E-state index is 13.5. The Bertz CT molecular complexity index is 873. The van der Waals surface area contributed by atoms with E-state index in [1.165, 1.54) is 12.1 Å². The second kappa shape index (κ2) is 5.35. The number of aromatic nitrogens is 2. The van der Waals surface area contributed by atoms with Gasteiger partial charge in [0.1, 0.15) is 11.6 Å². The first kappa shape index (κ1) is 13.7. The highest BCUT2D eigenvalue weighted by atomic mass is 19.1. The largest absolute Gasteiger partial charge is 0.310 e. The standard InChI is InChI=1S/C18H14FN3O/c19-13-6-4-5-12(9-13)15-10-17(23)21-18-16(15)11-20-22(18)14-7-2-1-3-8-14/h1-9,11,15H,10H2,(H,21,23)/t15-/m0/s1. The predicted octanol–water partition coefficient (Wildman–Crippen LogP) is 3.49. The number of carbonyl (C=O) groups is 1. The third-order valence-corrected chi connectivity index (χ3v) is 4.07. The topological polar surface area (TPSA) is 46.9 Å². The van der Waals surface area contributed by atoms with Crippen molar-refractivity contribution in [3.05, 3.63) is 77.7 Å². The van der Waals surface area contributed by atoms with Gasteiger partial charge in [-0.2, -0.15) is 5.10 Å². The summed E-state index contributed by atoms with van der Waals surface area (Å²) in [4.78, 5) is 12.1. The first-order valence-electron chi connectivity index (χ1n) is 7.41. The summed E-state index contributed by atoms with van der Waals surface area (Å²) in [6, 6.07) is 16.0. The van der Waals surface area contributed by atoms with Gasteiger partial charge in [-0.3, -0.25) is 4.79 Å². The van der Waals surface area contributed by atoms with Gasteiger partial charge in [0.15, 0.2) is 0 Å². The summed E-state index contributed by atoms with van der Waals surface area (Å²) in [6.45, 7) is 0. The van der Waals surface area contributed by atoms with Crippen LogP contribution in [0.25, 0.3) is 5.69 Å². The lowest BCUT2D eigenvalue weighted by Crippen LogP contribution is -2.24. The highest BCUT2D eigenvalue weighted by molar-refractivity contribution is 5.94. The number of nitrogens with zero attached hydrogens (tertiary/aromatic N) is 2. The minimum absolute atomic E-state index is 0.0931. The molecule has 1 atom stereocenters. The number of halogens is 1. The fourth-order valence-corrected chi connectivity index (χ4v) is 3.01. The van der Waals surface area contributed by atoms with Crippen LogP contribution < -0.4 is 5.32 Å². The number of amides is 1. The van der Waals surface area contributed by atoms with Crippen LogP contribution in [0.1, 0.15) is 23.5 Å². The van der Waals surface area contributed by atoms with Crippen molar-refractivity contribution in [3.63, 3.8) is 0 Å². The van der Waals surface area contributed by atoms with Crippen molar-refractivity contribution in [3.8, 4) is 5.69 Å². The van der Waals surface area contributed by atoms with Crippen molar-refractivity contribution in [1.29, 1.82) is 0 Å². The lowest BCUT2D eigenvalue weighted by Gasteiger charge is -2.23. The van der Waals surface area contributed by atoms with Crippen LogP contribution in [0.2, 0.25) is 0 Å². The molecule has 0 unspecified atom stereocenters. The first-order valence-corrected chi connectivity index (χ1v) is 7.41. The van der Waals surface area contributed by atoms with Crippen molar-refractivity contribution in [2.45, 2.75) is 12.3 Å². The van der Waals surface area contributed by atoms with Crippen LogP contribution >= 0.6 is 0 Å². The van der Waals surface area contributed by atoms with Crippen molar-refractivity contribution < 1.29 is 9.18 Å². The van der Waals surface area contributed by atoms with Gasteiger partial charge in [-0.05, 0) is 29.8 Å². The molecule has 0 aliphatic carbocycles. The SMILES string of the molecule is O=C1C[C@@H](c2cccc(F)c2)c2cnn(-c3ccccc3)c2N1. The molecule has 1 aliphatic heterocycles. The van der Waals surface area contributed by atoms with Crippen molar-refractivity contribution in [2.24, 2.45) is 0 Å². The normalized spacial score (nSPS) is 16.7. The second-order valence-electron chi connectivity index (χ2n) is 5.56. The van der Waals surface area contributed by atoms with E-state index in [2.05, 4.69) is 10.4 Å². The van der Waals surface area contributed by atoms with Gasteiger partial charge >= 0.3 is 0 Å². The highest BCUT2D eigenvalue weighted by Gasteiger charge is 2.30. The van der Waals surface area contributed by atoms with Crippen molar-refractivity contribution >= 4 is 11.7 Å². The molecule has 4 nitrogen and oxygen atoms in total. The first-order chi connectivity index (χ1) is 11.2. The summed E-state index contributed by atoms with van der Waals surface area (Å²) < 4.78 is 15.3. The lowest BCUT2D eigenvalue weighted by atomic mass is 9.87. The van der Waals surface area contributed by atoms with E-state index in [-0.39, 0.29) is 24.1 Å². The molecule has 0 spiro atoms. The molecule has 114 valence electrons. The Labute approximate surface area is 132 Å². The molecule has 1 aliphatic rings. The van der Waals surface area contributed by atoms with Crippen molar-refractivity contribution in [1.82, 2.24) is 9.78 Å². The molecular formula is C18H14FN3O. The third kappa shape index (κ3) is 2.40. The Kier molecular flexibility index (Phi) is 3.19. The van der Waals surface area contributed by atoms with Crippen LogP contribution in [0, 0.1) is 5.82 Å². The minimum atomic E-state index is -0.300. The zero-order valence-electron chi connectivity index (χ0n) is 12.2. The van der Waals surface area contributed by atoms with Gasteiger partial charge in [-0.25, -0.2) is 9.07 Å². The maximum Gasteiger partial charge on any atom is 0.226 e. The van der Waals surface area contributed by atoms with E-state index in [4.69, 9.17) is 0 Å². The molecule has 0 fully saturated rings. The lowest BCUT2D eigenvalue weighted by molar-refractivity contribution is -0.116. The van der Waals surface area contributed by atoms with E-state index in [0.29, 0.717) is 5.82 Å². The zero-order chi connectivity index (χ0) is 15.8. The summed E-state index contributed by atoms with van der Waals surface area (Å²) in [7, 11) is 0. The molecule has 0 saturated carbocycles. The maximum absolute atomic E-state index is 13.5. The summed E-state index contributed by atoms with van der Waals surface area (Å²) in [5.41, 5.74) is 2.56. The third-order valence-electron chi connectivity index (χ3n) is 4.07. The van der Waals surface area contributed by atoms with Crippen LogP contribution in [-0.4, -0.2) is 15.7 Å². The predicted molar refractivity (Wildman–Crippen MR) is 85.1 cm³/mol. The Morgan fingerprint density at radius 2 is 1.96 bits per heavy atom. The molecular weight excluding hydrogens is 293 g/mol. The molecule has 0 radical (unpaired) electrons. The van der Waals surface area contributed by atoms with Crippen LogP contribution in [0.3, 0.4) is 0 Å². The van der Waals surface area contributed by atoms with Gasteiger partial charge in [-0.1, -0.05) is 30.3 Å². The quantitative estimate of drug-likeness (QED) is 0.788. The number of para-hydroxylation sites is 1. The number of hydrogen-bond donors (Lipinski definition) is 1. The van der Waals surface area contributed by atoms with E-state index in [1.54, 1.807) is 16.9 Å². The molecule has 2 aromatic carbocycles. The average Bonchev–Trinajstić information content (AvgIpc) is 2.98. The number of benzene rings is 2. The van der Waals surface area contributed by atoms with Crippen LogP contribution in [0.4, 0.5) is 10.2 Å². The van der Waals surface area contributed by atoms with Gasteiger partial charge < -0.3 is 5.32 Å². The Morgan fingerprint density at radius 1 is 1.13 bits per heavy atom. The number of carbonyl (C=O) groups excluding carboxylic acids is 1. The smallest absolute Gasteiger partial charge is 0.226 e. The van der Waals surface area contributed by atoms with Crippen LogP contribution in [0.5, 0.6) is 0 Å². The van der Waals surface area contributed by atoms with Gasteiger partial charge in [-0.15, -0.1) is 0 Å². The fraction of sp³-hybridized carbons (Fsp3) is 0.111. The molecule has 1 aromatic heterocycles. The summed E-state index contributed by atoms with van der Waals surface area (Å²) in [6.07, 6.45) is 2.04. The number of anilines is 1. The van der Waals surface area contributed by atoms with Crippen LogP contribution in [0.15, 0.2) is 60.8 Å². The molecule has 4 rings (SSSR count). The van der Waals surface area contributed by atoms with E-state index in [9.17, 15) is 9.18 Å². The molecule has 1 amide bonds. The number of nitrogens with one attached hydrogen (secondary N) is 1.